The van der Waals surface area contributed by atoms with Crippen LogP contribution in [0.4, 0.5) is 5.69 Å². The van der Waals surface area contributed by atoms with Gasteiger partial charge in [-0.25, -0.2) is 0 Å². The highest BCUT2D eigenvalue weighted by Crippen LogP contribution is 2.36. The Morgan fingerprint density at radius 1 is 0.960 bits per heavy atom. The number of carbonyl (C=O) groups is 1. The average molecular weight is 339 g/mol. The molecule has 0 saturated heterocycles. The van der Waals surface area contributed by atoms with E-state index in [9.17, 15) is 4.79 Å². The van der Waals surface area contributed by atoms with Gasteiger partial charge >= 0.3 is 0 Å². The molecule has 0 radical (unpaired) electrons. The molecule has 25 heavy (non-hydrogen) atoms. The summed E-state index contributed by atoms with van der Waals surface area (Å²) in [4.78, 5) is 13.0. The summed E-state index contributed by atoms with van der Waals surface area (Å²) in [5.41, 5.74) is 4.43. The number of ether oxygens (including phenoxy) is 2. The van der Waals surface area contributed by atoms with Gasteiger partial charge in [0.1, 0.15) is 13.2 Å². The third-order valence-electron chi connectivity index (χ3n) is 4.75. The number of aryl methyl sites for hydroxylation is 3. The first-order chi connectivity index (χ1) is 11.8. The first-order valence-corrected chi connectivity index (χ1v) is 8.58. The Bertz CT molecular complexity index is 801. The Labute approximate surface area is 149 Å². The van der Waals surface area contributed by atoms with E-state index in [1.807, 2.05) is 45.9 Å². The van der Waals surface area contributed by atoms with Gasteiger partial charge in [0.2, 0.25) is 5.91 Å². The fourth-order valence-corrected chi connectivity index (χ4v) is 3.21. The van der Waals surface area contributed by atoms with Crippen LogP contribution in [-0.2, 0) is 10.2 Å². The van der Waals surface area contributed by atoms with Gasteiger partial charge in [0.25, 0.3) is 0 Å². The second-order valence-corrected chi connectivity index (χ2v) is 7.21. The van der Waals surface area contributed by atoms with Crippen molar-refractivity contribution < 1.29 is 14.3 Å². The summed E-state index contributed by atoms with van der Waals surface area (Å²) < 4.78 is 11.2. The highest BCUT2D eigenvalue weighted by Gasteiger charge is 2.31. The second-order valence-electron chi connectivity index (χ2n) is 7.21. The molecule has 4 nitrogen and oxygen atoms in total. The predicted octanol–water partition coefficient (Wildman–Crippen LogP) is 4.30. The lowest BCUT2D eigenvalue weighted by Gasteiger charge is -2.27. The van der Waals surface area contributed by atoms with Crippen molar-refractivity contribution in [3.8, 4) is 11.5 Å². The molecule has 2 aromatic rings. The number of nitrogens with one attached hydrogen (secondary N) is 1. The molecule has 0 spiro atoms. The van der Waals surface area contributed by atoms with Crippen LogP contribution >= 0.6 is 0 Å². The first-order valence-electron chi connectivity index (χ1n) is 8.58. The molecular formula is C21H25NO3. The molecular weight excluding hydrogens is 314 g/mol. The summed E-state index contributed by atoms with van der Waals surface area (Å²) in [6.07, 6.45) is 0. The fraction of sp³-hybridized carbons (Fsp3) is 0.381. The van der Waals surface area contributed by atoms with Gasteiger partial charge in [-0.15, -0.1) is 0 Å². The van der Waals surface area contributed by atoms with Gasteiger partial charge in [-0.1, -0.05) is 23.8 Å². The molecule has 1 amide bonds. The van der Waals surface area contributed by atoms with Crippen LogP contribution in [0.25, 0.3) is 0 Å². The summed E-state index contributed by atoms with van der Waals surface area (Å²) in [6, 6.07) is 9.88. The van der Waals surface area contributed by atoms with E-state index in [-0.39, 0.29) is 5.91 Å². The number of fused-ring (bicyclic) bond motifs is 1. The van der Waals surface area contributed by atoms with Gasteiger partial charge in [-0.3, -0.25) is 4.79 Å². The molecule has 4 heteroatoms. The molecule has 2 aromatic carbocycles. The van der Waals surface area contributed by atoms with Crippen molar-refractivity contribution in [1.29, 1.82) is 0 Å². The van der Waals surface area contributed by atoms with Crippen LogP contribution in [0.5, 0.6) is 11.5 Å². The standard InChI is InChI=1S/C21H25NO3/c1-13-10-14(2)19(15(3)11-13)22-20(23)21(4,5)16-6-7-17-18(12-16)25-9-8-24-17/h6-7,10-12H,8-9H2,1-5H3,(H,22,23). The summed E-state index contributed by atoms with van der Waals surface area (Å²) in [5, 5.41) is 3.11. The third-order valence-corrected chi connectivity index (χ3v) is 4.75. The number of rotatable bonds is 3. The minimum atomic E-state index is -0.695. The van der Waals surface area contributed by atoms with Crippen LogP contribution in [0.1, 0.15) is 36.1 Å². The largest absolute Gasteiger partial charge is 0.486 e. The third kappa shape index (κ3) is 3.34. The Morgan fingerprint density at radius 2 is 1.56 bits per heavy atom. The highest BCUT2D eigenvalue weighted by molar-refractivity contribution is 5.99. The summed E-state index contributed by atoms with van der Waals surface area (Å²) in [7, 11) is 0. The summed E-state index contributed by atoms with van der Waals surface area (Å²) >= 11 is 0. The SMILES string of the molecule is Cc1cc(C)c(NC(=O)C(C)(C)c2ccc3c(c2)OCCO3)c(C)c1. The molecule has 0 atom stereocenters. The average Bonchev–Trinajstić information content (AvgIpc) is 2.57. The quantitative estimate of drug-likeness (QED) is 0.907. The zero-order valence-corrected chi connectivity index (χ0v) is 15.5. The predicted molar refractivity (Wildman–Crippen MR) is 99.7 cm³/mol. The Balaban J connectivity index is 1.88. The highest BCUT2D eigenvalue weighted by atomic mass is 16.6. The first kappa shape index (κ1) is 17.3. The number of benzene rings is 2. The van der Waals surface area contributed by atoms with E-state index in [2.05, 4.69) is 24.4 Å². The number of hydrogen-bond donors (Lipinski definition) is 1. The van der Waals surface area contributed by atoms with Crippen molar-refractivity contribution >= 4 is 11.6 Å². The van der Waals surface area contributed by atoms with Crippen LogP contribution < -0.4 is 14.8 Å². The van der Waals surface area contributed by atoms with Crippen molar-refractivity contribution in [2.24, 2.45) is 0 Å². The van der Waals surface area contributed by atoms with Crippen LogP contribution in [0.15, 0.2) is 30.3 Å². The van der Waals surface area contributed by atoms with Crippen LogP contribution in [0, 0.1) is 20.8 Å². The fourth-order valence-electron chi connectivity index (χ4n) is 3.21. The number of amides is 1. The van der Waals surface area contributed by atoms with Crippen molar-refractivity contribution in [2.75, 3.05) is 18.5 Å². The molecule has 132 valence electrons. The molecule has 1 aliphatic rings. The zero-order chi connectivity index (χ0) is 18.2. The molecule has 1 N–H and O–H groups in total. The second kappa shape index (κ2) is 6.43. The zero-order valence-electron chi connectivity index (χ0n) is 15.5. The van der Waals surface area contributed by atoms with E-state index in [4.69, 9.17) is 9.47 Å². The molecule has 1 heterocycles. The maximum Gasteiger partial charge on any atom is 0.234 e. The van der Waals surface area contributed by atoms with Crippen LogP contribution in [0.3, 0.4) is 0 Å². The van der Waals surface area contributed by atoms with Gasteiger partial charge in [-0.2, -0.15) is 0 Å². The van der Waals surface area contributed by atoms with Gasteiger partial charge in [0, 0.05) is 5.69 Å². The van der Waals surface area contributed by atoms with Crippen molar-refractivity contribution in [3.05, 3.63) is 52.6 Å². The van der Waals surface area contributed by atoms with E-state index in [1.54, 1.807) is 0 Å². The van der Waals surface area contributed by atoms with Gasteiger partial charge in [0.15, 0.2) is 11.5 Å². The Kier molecular flexibility index (Phi) is 4.46. The lowest BCUT2D eigenvalue weighted by Crippen LogP contribution is -2.35. The van der Waals surface area contributed by atoms with Crippen molar-refractivity contribution in [2.45, 2.75) is 40.0 Å². The molecule has 0 bridgehead atoms. The molecule has 0 saturated carbocycles. The van der Waals surface area contributed by atoms with Crippen molar-refractivity contribution in [1.82, 2.24) is 0 Å². The van der Waals surface area contributed by atoms with E-state index in [0.717, 1.165) is 28.1 Å². The normalized spacial score (nSPS) is 13.5. The van der Waals surface area contributed by atoms with Gasteiger partial charge in [0.05, 0.1) is 5.41 Å². The lowest BCUT2D eigenvalue weighted by atomic mass is 9.83. The summed E-state index contributed by atoms with van der Waals surface area (Å²) in [6.45, 7) is 11.0. The summed E-state index contributed by atoms with van der Waals surface area (Å²) in [5.74, 6) is 1.39. The van der Waals surface area contributed by atoms with Crippen LogP contribution in [-0.4, -0.2) is 19.1 Å². The molecule has 0 fully saturated rings. The minimum absolute atomic E-state index is 0.0424. The lowest BCUT2D eigenvalue weighted by molar-refractivity contribution is -0.120. The van der Waals surface area contributed by atoms with Crippen LogP contribution in [0.2, 0.25) is 0 Å². The van der Waals surface area contributed by atoms with E-state index < -0.39 is 5.41 Å². The van der Waals surface area contributed by atoms with E-state index >= 15 is 0 Å². The monoisotopic (exact) mass is 339 g/mol. The molecule has 3 rings (SSSR count). The van der Waals surface area contributed by atoms with Gasteiger partial charge in [-0.05, 0) is 63.4 Å². The van der Waals surface area contributed by atoms with E-state index in [1.165, 1.54) is 5.56 Å². The minimum Gasteiger partial charge on any atom is -0.486 e. The maximum absolute atomic E-state index is 13.0. The Morgan fingerprint density at radius 3 is 2.20 bits per heavy atom. The topological polar surface area (TPSA) is 47.6 Å². The molecule has 0 unspecified atom stereocenters. The molecule has 1 aliphatic heterocycles. The van der Waals surface area contributed by atoms with Crippen molar-refractivity contribution in [3.63, 3.8) is 0 Å². The van der Waals surface area contributed by atoms with E-state index in [0.29, 0.717) is 19.0 Å². The number of hydrogen-bond acceptors (Lipinski definition) is 3. The maximum atomic E-state index is 13.0. The Hall–Kier alpha value is -2.49. The van der Waals surface area contributed by atoms with Gasteiger partial charge < -0.3 is 14.8 Å². The molecule has 0 aliphatic carbocycles. The molecule has 0 aromatic heterocycles. The number of carbonyl (C=O) groups excluding carboxylic acids is 1. The smallest absolute Gasteiger partial charge is 0.234 e. The number of anilines is 1.